The van der Waals surface area contributed by atoms with Crippen LogP contribution < -0.4 is 16.4 Å². The number of nitrogens with two attached hydrogens (primary N) is 1. The summed E-state index contributed by atoms with van der Waals surface area (Å²) in [6, 6.07) is 8.72. The topological polar surface area (TPSA) is 127 Å². The minimum Gasteiger partial charge on any atom is -0.384 e. The predicted octanol–water partition coefficient (Wildman–Crippen LogP) is 3.60. The molecule has 0 radical (unpaired) electrons. The van der Waals surface area contributed by atoms with Gasteiger partial charge < -0.3 is 16.4 Å². The highest BCUT2D eigenvalue weighted by Crippen LogP contribution is 2.55. The van der Waals surface area contributed by atoms with Crippen LogP contribution in [0.4, 0.5) is 16.3 Å². The van der Waals surface area contributed by atoms with Crippen molar-refractivity contribution in [3.63, 3.8) is 0 Å². The van der Waals surface area contributed by atoms with Crippen molar-refractivity contribution in [2.75, 3.05) is 11.1 Å². The Hall–Kier alpha value is -2.68. The molecule has 9 heteroatoms. The van der Waals surface area contributed by atoms with Gasteiger partial charge in [-0.2, -0.15) is 0 Å². The van der Waals surface area contributed by atoms with Crippen LogP contribution in [0.15, 0.2) is 30.3 Å². The van der Waals surface area contributed by atoms with Crippen LogP contribution in [-0.2, 0) is 14.6 Å². The van der Waals surface area contributed by atoms with Gasteiger partial charge in [0.2, 0.25) is 0 Å². The van der Waals surface area contributed by atoms with Crippen molar-refractivity contribution in [1.29, 1.82) is 0 Å². The van der Waals surface area contributed by atoms with Gasteiger partial charge in [0.05, 0.1) is 10.4 Å². The largest absolute Gasteiger partial charge is 0.384 e. The molecule has 2 aliphatic rings. The number of hydrogen-bond donors (Lipinski definition) is 3. The van der Waals surface area contributed by atoms with Crippen LogP contribution in [0.5, 0.6) is 0 Å². The Morgan fingerprint density at radius 3 is 2.29 bits per heavy atom. The van der Waals surface area contributed by atoms with Gasteiger partial charge in [-0.1, -0.05) is 0 Å². The number of hydrogen-bond acceptors (Lipinski definition) is 6. The number of anilines is 2. The van der Waals surface area contributed by atoms with Crippen LogP contribution in [0, 0.1) is 0 Å². The fourth-order valence-corrected chi connectivity index (χ4v) is 5.99. The van der Waals surface area contributed by atoms with E-state index >= 15 is 0 Å². The third-order valence-corrected chi connectivity index (χ3v) is 9.34. The molecule has 0 bridgehead atoms. The molecule has 2 amide bonds. The van der Waals surface area contributed by atoms with Gasteiger partial charge in [0.25, 0.3) is 0 Å². The molecule has 4 N–H and O–H groups in total. The molecule has 31 heavy (non-hydrogen) atoms. The van der Waals surface area contributed by atoms with Crippen molar-refractivity contribution in [2.45, 2.75) is 68.4 Å². The average molecular weight is 444 g/mol. The highest BCUT2D eigenvalue weighted by molar-refractivity contribution is 7.94. The van der Waals surface area contributed by atoms with E-state index in [0.29, 0.717) is 35.6 Å². The summed E-state index contributed by atoms with van der Waals surface area (Å²) in [6.07, 6.45) is 4.25. The molecule has 166 valence electrons. The molecule has 0 unspecified atom stereocenters. The van der Waals surface area contributed by atoms with Gasteiger partial charge in [0, 0.05) is 23.4 Å². The van der Waals surface area contributed by atoms with Crippen molar-refractivity contribution in [3.05, 3.63) is 36.0 Å². The van der Waals surface area contributed by atoms with E-state index in [4.69, 9.17) is 5.73 Å². The smallest absolute Gasteiger partial charge is 0.319 e. The lowest BCUT2D eigenvalue weighted by molar-refractivity contribution is 0.240. The van der Waals surface area contributed by atoms with Gasteiger partial charge in [0.1, 0.15) is 10.6 Å². The minimum atomic E-state index is -3.46. The predicted molar refractivity (Wildman–Crippen MR) is 121 cm³/mol. The Labute approximate surface area is 183 Å². The standard InChI is InChI=1S/C22H29N5O3S/c1-21(2,3)31(29,30)22(11-12-22)17-13-18(23)27-19(26-17)14-7-9-16(10-8-14)25-20(28)24-15-5-4-6-15/h7-10,13,15H,4-6,11-12H2,1-3H3,(H2,23,26,27)(H2,24,25,28). The lowest BCUT2D eigenvalue weighted by Crippen LogP contribution is -2.41. The number of nitrogens with one attached hydrogen (secondary N) is 2. The number of nitrogens with zero attached hydrogens (tertiary/aromatic N) is 2. The van der Waals surface area contributed by atoms with Gasteiger partial charge in [-0.25, -0.2) is 23.2 Å². The van der Waals surface area contributed by atoms with E-state index in [2.05, 4.69) is 20.6 Å². The molecule has 0 atom stereocenters. The molecule has 2 fully saturated rings. The SMILES string of the molecule is CC(C)(C)S(=O)(=O)C1(c2cc(N)nc(-c3ccc(NC(=O)NC4CCC4)cc3)n2)CC1. The molecule has 1 heterocycles. The number of rotatable bonds is 5. The minimum absolute atomic E-state index is 0.219. The summed E-state index contributed by atoms with van der Waals surface area (Å²) in [6.45, 7) is 5.13. The van der Waals surface area contributed by atoms with Crippen molar-refractivity contribution in [2.24, 2.45) is 0 Å². The van der Waals surface area contributed by atoms with E-state index in [0.717, 1.165) is 19.3 Å². The van der Waals surface area contributed by atoms with Gasteiger partial charge in [-0.05, 0) is 77.1 Å². The Kier molecular flexibility index (Phi) is 5.20. The first-order valence-corrected chi connectivity index (χ1v) is 12.1. The maximum atomic E-state index is 13.2. The zero-order valence-electron chi connectivity index (χ0n) is 18.1. The molecule has 0 spiro atoms. The number of benzene rings is 1. The summed E-state index contributed by atoms with van der Waals surface area (Å²) in [5.41, 5.74) is 7.82. The summed E-state index contributed by atoms with van der Waals surface area (Å²) in [5, 5.41) is 5.75. The molecule has 8 nitrogen and oxygen atoms in total. The number of carbonyl (C=O) groups excluding carboxylic acids is 1. The average Bonchev–Trinajstić information content (AvgIpc) is 3.46. The molecular weight excluding hydrogens is 414 g/mol. The molecule has 1 aromatic heterocycles. The second-order valence-electron chi connectivity index (χ2n) is 9.42. The molecule has 1 aromatic carbocycles. The number of sulfone groups is 1. The summed E-state index contributed by atoms with van der Waals surface area (Å²) in [7, 11) is -3.46. The van der Waals surface area contributed by atoms with E-state index in [1.165, 1.54) is 0 Å². The van der Waals surface area contributed by atoms with E-state index in [1.54, 1.807) is 51.1 Å². The van der Waals surface area contributed by atoms with Crippen molar-refractivity contribution >= 4 is 27.4 Å². The Morgan fingerprint density at radius 2 is 1.77 bits per heavy atom. The molecule has 2 aromatic rings. The number of aromatic nitrogens is 2. The van der Waals surface area contributed by atoms with E-state index in [9.17, 15) is 13.2 Å². The van der Waals surface area contributed by atoms with Crippen LogP contribution in [0.2, 0.25) is 0 Å². The van der Waals surface area contributed by atoms with Gasteiger partial charge in [0.15, 0.2) is 15.7 Å². The quantitative estimate of drug-likeness (QED) is 0.648. The molecular formula is C22H29N5O3S. The zero-order valence-corrected chi connectivity index (χ0v) is 18.9. The Morgan fingerprint density at radius 1 is 1.13 bits per heavy atom. The molecule has 2 saturated carbocycles. The number of carbonyl (C=O) groups is 1. The fourth-order valence-electron chi connectivity index (χ4n) is 3.80. The summed E-state index contributed by atoms with van der Waals surface area (Å²) < 4.78 is 24.5. The van der Waals surface area contributed by atoms with Crippen LogP contribution in [0.25, 0.3) is 11.4 Å². The maximum Gasteiger partial charge on any atom is 0.319 e. The highest BCUT2D eigenvalue weighted by atomic mass is 32.2. The molecule has 0 saturated heterocycles. The first-order chi connectivity index (χ1) is 14.5. The third kappa shape index (κ3) is 3.98. The van der Waals surface area contributed by atoms with Gasteiger partial charge in [-0.3, -0.25) is 0 Å². The lowest BCUT2D eigenvalue weighted by Gasteiger charge is -2.26. The van der Waals surface area contributed by atoms with Crippen molar-refractivity contribution in [1.82, 2.24) is 15.3 Å². The van der Waals surface area contributed by atoms with E-state index in [1.807, 2.05) is 0 Å². The lowest BCUT2D eigenvalue weighted by atomic mass is 9.93. The molecule has 0 aliphatic heterocycles. The number of amides is 2. The van der Waals surface area contributed by atoms with E-state index < -0.39 is 19.3 Å². The van der Waals surface area contributed by atoms with Crippen LogP contribution in [-0.4, -0.2) is 35.2 Å². The first-order valence-electron chi connectivity index (χ1n) is 10.6. The summed E-state index contributed by atoms with van der Waals surface area (Å²) in [4.78, 5) is 20.9. The maximum absolute atomic E-state index is 13.2. The van der Waals surface area contributed by atoms with Crippen molar-refractivity contribution < 1.29 is 13.2 Å². The number of nitrogen functional groups attached to an aromatic ring is 1. The van der Waals surface area contributed by atoms with Crippen LogP contribution in [0.3, 0.4) is 0 Å². The monoisotopic (exact) mass is 443 g/mol. The van der Waals surface area contributed by atoms with Crippen LogP contribution in [0.1, 0.15) is 58.6 Å². The third-order valence-electron chi connectivity index (χ3n) is 6.08. The fraction of sp³-hybridized carbons (Fsp3) is 0.500. The second-order valence-corrected chi connectivity index (χ2v) is 12.4. The van der Waals surface area contributed by atoms with Gasteiger partial charge >= 0.3 is 6.03 Å². The first kappa shape index (κ1) is 21.5. The summed E-state index contributed by atoms with van der Waals surface area (Å²) in [5.74, 6) is 0.605. The zero-order chi connectivity index (χ0) is 22.4. The van der Waals surface area contributed by atoms with E-state index in [-0.39, 0.29) is 17.9 Å². The highest BCUT2D eigenvalue weighted by Gasteiger charge is 2.60. The second kappa shape index (κ2) is 7.47. The number of urea groups is 1. The van der Waals surface area contributed by atoms with Gasteiger partial charge in [-0.15, -0.1) is 0 Å². The molecule has 2 aliphatic carbocycles. The Balaban J connectivity index is 1.57. The summed E-state index contributed by atoms with van der Waals surface area (Å²) >= 11 is 0. The van der Waals surface area contributed by atoms with Crippen molar-refractivity contribution in [3.8, 4) is 11.4 Å². The normalized spacial score (nSPS) is 18.2. The Bertz CT molecular complexity index is 1100. The van der Waals surface area contributed by atoms with Crippen LogP contribution >= 0.6 is 0 Å². The molecule has 4 rings (SSSR count).